The molecule has 0 aliphatic rings. The molecule has 3 N–H and O–H groups in total. The van der Waals surface area contributed by atoms with Crippen LogP contribution in [0.25, 0.3) is 11.3 Å². The molecule has 1 aromatic heterocycles. The number of hydrazone groups is 1. The zero-order valence-electron chi connectivity index (χ0n) is 14.7. The monoisotopic (exact) mass is 418 g/mol. The van der Waals surface area contributed by atoms with E-state index < -0.39 is 5.91 Å². The fraction of sp³-hybridized carbons (Fsp3) is 0.105. The number of hydrogen-bond donors (Lipinski definition) is 3. The highest BCUT2D eigenvalue weighted by Crippen LogP contribution is 2.29. The van der Waals surface area contributed by atoms with Crippen molar-refractivity contribution in [2.75, 3.05) is 6.61 Å². The highest BCUT2D eigenvalue weighted by Gasteiger charge is 2.13. The van der Waals surface area contributed by atoms with E-state index in [0.29, 0.717) is 39.2 Å². The third-order valence-electron chi connectivity index (χ3n) is 3.69. The van der Waals surface area contributed by atoms with Crippen LogP contribution >= 0.6 is 23.2 Å². The van der Waals surface area contributed by atoms with Crippen molar-refractivity contribution in [3.05, 3.63) is 63.8 Å². The quantitative estimate of drug-likeness (QED) is 0.411. The molecular weight excluding hydrogens is 403 g/mol. The van der Waals surface area contributed by atoms with Crippen LogP contribution in [-0.2, 0) is 0 Å². The first-order valence-corrected chi connectivity index (χ1v) is 9.03. The minimum atomic E-state index is -0.469. The summed E-state index contributed by atoms with van der Waals surface area (Å²) in [4.78, 5) is 12.2. The zero-order valence-corrected chi connectivity index (χ0v) is 16.3. The zero-order chi connectivity index (χ0) is 20.1. The molecular formula is C19H16Cl2N4O3. The SMILES string of the molecule is CCOc1cc(/C=N/NC(=O)c2cc(-c3ccc(Cl)cc3Cl)n[nH]2)ccc1O. The summed E-state index contributed by atoms with van der Waals surface area (Å²) in [6, 6.07) is 11.3. The fourth-order valence-electron chi connectivity index (χ4n) is 2.38. The Morgan fingerprint density at radius 2 is 2.11 bits per heavy atom. The first kappa shape index (κ1) is 19.7. The number of ether oxygens (including phenoxy) is 1. The summed E-state index contributed by atoms with van der Waals surface area (Å²) in [6.45, 7) is 2.24. The number of aromatic hydroxyl groups is 1. The van der Waals surface area contributed by atoms with Gasteiger partial charge >= 0.3 is 0 Å². The second-order valence-corrected chi connectivity index (χ2v) is 6.49. The summed E-state index contributed by atoms with van der Waals surface area (Å²) < 4.78 is 5.30. The number of rotatable bonds is 6. The molecule has 0 aliphatic heterocycles. The molecule has 3 aromatic rings. The molecule has 0 fully saturated rings. The number of carbonyl (C=O) groups excluding carboxylic acids is 1. The number of phenols is 1. The average Bonchev–Trinajstić information content (AvgIpc) is 3.14. The van der Waals surface area contributed by atoms with Gasteiger partial charge < -0.3 is 9.84 Å². The Morgan fingerprint density at radius 1 is 1.29 bits per heavy atom. The van der Waals surface area contributed by atoms with E-state index in [2.05, 4.69) is 20.7 Å². The van der Waals surface area contributed by atoms with Gasteiger partial charge in [0.2, 0.25) is 0 Å². The molecule has 0 aliphatic carbocycles. The summed E-state index contributed by atoms with van der Waals surface area (Å²) in [7, 11) is 0. The minimum absolute atomic E-state index is 0.0360. The first-order valence-electron chi connectivity index (χ1n) is 8.28. The third-order valence-corrected chi connectivity index (χ3v) is 4.24. The van der Waals surface area contributed by atoms with Crippen LogP contribution in [0.1, 0.15) is 23.0 Å². The summed E-state index contributed by atoms with van der Waals surface area (Å²) in [5.74, 6) is -0.0892. The van der Waals surface area contributed by atoms with Gasteiger partial charge in [0, 0.05) is 10.6 Å². The lowest BCUT2D eigenvalue weighted by Gasteiger charge is -2.05. The number of nitrogens with zero attached hydrogens (tertiary/aromatic N) is 2. The van der Waals surface area contributed by atoms with E-state index in [-0.39, 0.29) is 11.4 Å². The molecule has 0 bridgehead atoms. The van der Waals surface area contributed by atoms with E-state index in [0.717, 1.165) is 0 Å². The predicted octanol–water partition coefficient (Wildman–Crippen LogP) is 4.25. The van der Waals surface area contributed by atoms with Gasteiger partial charge in [0.15, 0.2) is 11.5 Å². The Morgan fingerprint density at radius 3 is 2.86 bits per heavy atom. The number of H-pyrrole nitrogens is 1. The predicted molar refractivity (Wildman–Crippen MR) is 108 cm³/mol. The number of phenolic OH excluding ortho intramolecular Hbond substituents is 1. The largest absolute Gasteiger partial charge is 0.504 e. The van der Waals surface area contributed by atoms with Crippen LogP contribution in [0.4, 0.5) is 0 Å². The summed E-state index contributed by atoms with van der Waals surface area (Å²) >= 11 is 12.0. The number of hydrogen-bond acceptors (Lipinski definition) is 5. The van der Waals surface area contributed by atoms with Crippen molar-refractivity contribution in [1.82, 2.24) is 15.6 Å². The van der Waals surface area contributed by atoms with Crippen molar-refractivity contribution < 1.29 is 14.6 Å². The first-order chi connectivity index (χ1) is 13.5. The molecule has 0 radical (unpaired) electrons. The van der Waals surface area contributed by atoms with Crippen molar-refractivity contribution in [2.45, 2.75) is 6.92 Å². The number of benzene rings is 2. The Kier molecular flexibility index (Phi) is 6.18. The molecule has 0 saturated heterocycles. The number of halogens is 2. The van der Waals surface area contributed by atoms with Crippen LogP contribution in [0.15, 0.2) is 47.6 Å². The van der Waals surface area contributed by atoms with Gasteiger partial charge in [0.1, 0.15) is 5.69 Å². The van der Waals surface area contributed by atoms with Crippen molar-refractivity contribution in [2.24, 2.45) is 5.10 Å². The van der Waals surface area contributed by atoms with Crippen LogP contribution in [-0.4, -0.2) is 34.0 Å². The van der Waals surface area contributed by atoms with E-state index >= 15 is 0 Å². The molecule has 7 nitrogen and oxygen atoms in total. The Balaban J connectivity index is 1.68. The molecule has 0 saturated carbocycles. The van der Waals surface area contributed by atoms with Crippen molar-refractivity contribution >= 4 is 35.3 Å². The highest BCUT2D eigenvalue weighted by atomic mass is 35.5. The average molecular weight is 419 g/mol. The summed E-state index contributed by atoms with van der Waals surface area (Å²) in [6.07, 6.45) is 1.44. The van der Waals surface area contributed by atoms with Crippen LogP contribution in [0.2, 0.25) is 10.0 Å². The van der Waals surface area contributed by atoms with Crippen molar-refractivity contribution in [1.29, 1.82) is 0 Å². The van der Waals surface area contributed by atoms with Gasteiger partial charge in [-0.05, 0) is 55.0 Å². The molecule has 28 heavy (non-hydrogen) atoms. The van der Waals surface area contributed by atoms with Gasteiger partial charge in [-0.15, -0.1) is 0 Å². The maximum Gasteiger partial charge on any atom is 0.289 e. The molecule has 0 unspecified atom stereocenters. The van der Waals surface area contributed by atoms with Crippen molar-refractivity contribution in [3.8, 4) is 22.8 Å². The Hall–Kier alpha value is -3.03. The van der Waals surface area contributed by atoms with Gasteiger partial charge in [0.25, 0.3) is 5.91 Å². The maximum absolute atomic E-state index is 12.2. The summed E-state index contributed by atoms with van der Waals surface area (Å²) in [5.41, 5.74) is 4.44. The van der Waals surface area contributed by atoms with E-state index in [1.54, 1.807) is 36.4 Å². The standard InChI is InChI=1S/C19H16Cl2N4O3/c1-2-28-18-7-11(3-6-17(18)26)10-22-25-19(27)16-9-15(23-24-16)13-5-4-12(20)8-14(13)21/h3-10,26H,2H2,1H3,(H,23,24)(H,25,27)/b22-10+. The number of amides is 1. The molecule has 2 aromatic carbocycles. The lowest BCUT2D eigenvalue weighted by molar-refractivity contribution is 0.0950. The number of carbonyl (C=O) groups is 1. The van der Waals surface area contributed by atoms with Gasteiger partial charge in [-0.2, -0.15) is 10.2 Å². The molecule has 0 spiro atoms. The Labute approximate surface area is 170 Å². The second-order valence-electron chi connectivity index (χ2n) is 5.65. The van der Waals surface area contributed by atoms with E-state index in [1.807, 2.05) is 6.92 Å². The van der Waals surface area contributed by atoms with Crippen LogP contribution in [0.5, 0.6) is 11.5 Å². The van der Waals surface area contributed by atoms with Gasteiger partial charge in [-0.25, -0.2) is 5.43 Å². The smallest absolute Gasteiger partial charge is 0.289 e. The van der Waals surface area contributed by atoms with Crippen molar-refractivity contribution in [3.63, 3.8) is 0 Å². The van der Waals surface area contributed by atoms with Crippen LogP contribution in [0.3, 0.4) is 0 Å². The summed E-state index contributed by atoms with van der Waals surface area (Å²) in [5, 5.41) is 21.3. The van der Waals surface area contributed by atoms with E-state index in [1.165, 1.54) is 12.3 Å². The fourth-order valence-corrected chi connectivity index (χ4v) is 2.89. The topological polar surface area (TPSA) is 99.6 Å². The number of aromatic nitrogens is 2. The van der Waals surface area contributed by atoms with Crippen LogP contribution in [0, 0.1) is 0 Å². The Bertz CT molecular complexity index is 1030. The third kappa shape index (κ3) is 4.62. The number of nitrogens with one attached hydrogen (secondary N) is 2. The molecule has 144 valence electrons. The minimum Gasteiger partial charge on any atom is -0.504 e. The van der Waals surface area contributed by atoms with E-state index in [4.69, 9.17) is 27.9 Å². The highest BCUT2D eigenvalue weighted by molar-refractivity contribution is 6.36. The normalized spacial score (nSPS) is 11.0. The van der Waals surface area contributed by atoms with E-state index in [9.17, 15) is 9.90 Å². The van der Waals surface area contributed by atoms with Gasteiger partial charge in [0.05, 0.1) is 23.5 Å². The molecule has 1 heterocycles. The lowest BCUT2D eigenvalue weighted by Crippen LogP contribution is -2.18. The van der Waals surface area contributed by atoms with Gasteiger partial charge in [-0.3, -0.25) is 9.89 Å². The lowest BCUT2D eigenvalue weighted by atomic mass is 10.1. The second kappa shape index (κ2) is 8.77. The molecule has 0 atom stereocenters. The number of aromatic amines is 1. The van der Waals surface area contributed by atoms with Crippen LogP contribution < -0.4 is 10.2 Å². The van der Waals surface area contributed by atoms with Gasteiger partial charge in [-0.1, -0.05) is 23.2 Å². The molecule has 3 rings (SSSR count). The maximum atomic E-state index is 12.2. The molecule has 9 heteroatoms. The molecule has 1 amide bonds.